The van der Waals surface area contributed by atoms with Crippen molar-refractivity contribution in [3.05, 3.63) is 33.9 Å². The maximum absolute atomic E-state index is 11.1. The van der Waals surface area contributed by atoms with Crippen LogP contribution in [0.4, 0.5) is 11.4 Å². The van der Waals surface area contributed by atoms with Gasteiger partial charge < -0.3 is 10.4 Å². The van der Waals surface area contributed by atoms with Gasteiger partial charge in [0.1, 0.15) is 5.69 Å². The zero-order valence-corrected chi connectivity index (χ0v) is 12.0. The maximum Gasteiger partial charge on any atom is 0.335 e. The summed E-state index contributed by atoms with van der Waals surface area (Å²) in [5.41, 5.74) is 0.263. The molecule has 1 aliphatic carbocycles. The molecule has 0 saturated heterocycles. The molecule has 1 aliphatic rings. The van der Waals surface area contributed by atoms with E-state index in [2.05, 4.69) is 5.32 Å². The lowest BCUT2D eigenvalue weighted by Gasteiger charge is -2.28. The molecule has 0 aromatic heterocycles. The van der Waals surface area contributed by atoms with Crippen LogP contribution >= 0.6 is 0 Å². The lowest BCUT2D eigenvalue weighted by Crippen LogP contribution is -2.28. The van der Waals surface area contributed by atoms with E-state index in [9.17, 15) is 14.9 Å². The van der Waals surface area contributed by atoms with Gasteiger partial charge in [-0.1, -0.05) is 19.3 Å². The summed E-state index contributed by atoms with van der Waals surface area (Å²) in [4.78, 5) is 21.6. The van der Waals surface area contributed by atoms with Crippen molar-refractivity contribution >= 4 is 17.3 Å². The summed E-state index contributed by atoms with van der Waals surface area (Å²) in [6.45, 7) is 2.01. The van der Waals surface area contributed by atoms with Crippen LogP contribution in [-0.4, -0.2) is 22.0 Å². The number of benzene rings is 1. The number of aromatic carboxylic acids is 1. The summed E-state index contributed by atoms with van der Waals surface area (Å²) < 4.78 is 0. The molecule has 21 heavy (non-hydrogen) atoms. The van der Waals surface area contributed by atoms with E-state index in [4.69, 9.17) is 5.11 Å². The van der Waals surface area contributed by atoms with E-state index in [0.717, 1.165) is 12.8 Å². The van der Waals surface area contributed by atoms with Crippen molar-refractivity contribution in [3.8, 4) is 0 Å². The van der Waals surface area contributed by atoms with E-state index in [1.807, 2.05) is 6.92 Å². The molecule has 0 heterocycles. The van der Waals surface area contributed by atoms with Gasteiger partial charge in [0.25, 0.3) is 5.69 Å². The Morgan fingerprint density at radius 1 is 1.38 bits per heavy atom. The average Bonchev–Trinajstić information content (AvgIpc) is 2.47. The first kappa shape index (κ1) is 15.3. The Bertz CT molecular complexity index is 538. The number of hydrogen-bond donors (Lipinski definition) is 2. The predicted octanol–water partition coefficient (Wildman–Crippen LogP) is 3.67. The van der Waals surface area contributed by atoms with Gasteiger partial charge in [0, 0.05) is 12.1 Å². The molecule has 0 amide bonds. The summed E-state index contributed by atoms with van der Waals surface area (Å²) in [6, 6.07) is 3.95. The van der Waals surface area contributed by atoms with Crippen molar-refractivity contribution in [2.75, 3.05) is 5.32 Å². The van der Waals surface area contributed by atoms with Crippen molar-refractivity contribution in [2.45, 2.75) is 45.1 Å². The van der Waals surface area contributed by atoms with E-state index in [-0.39, 0.29) is 23.0 Å². The van der Waals surface area contributed by atoms with Crippen LogP contribution in [0.25, 0.3) is 0 Å². The van der Waals surface area contributed by atoms with Crippen LogP contribution in [0.2, 0.25) is 0 Å². The molecule has 2 rings (SSSR count). The Morgan fingerprint density at radius 3 is 2.62 bits per heavy atom. The fourth-order valence-corrected chi connectivity index (χ4v) is 2.94. The highest BCUT2D eigenvalue weighted by molar-refractivity contribution is 5.90. The summed E-state index contributed by atoms with van der Waals surface area (Å²) in [5, 5.41) is 23.3. The Hall–Kier alpha value is -2.11. The summed E-state index contributed by atoms with van der Waals surface area (Å²) in [6.07, 6.45) is 5.85. The van der Waals surface area contributed by atoms with Crippen LogP contribution in [0.5, 0.6) is 0 Å². The second-order valence-electron chi connectivity index (χ2n) is 5.63. The van der Waals surface area contributed by atoms with Gasteiger partial charge in [-0.25, -0.2) is 4.79 Å². The molecule has 0 bridgehead atoms. The van der Waals surface area contributed by atoms with Crippen molar-refractivity contribution < 1.29 is 14.8 Å². The molecule has 6 heteroatoms. The third-order valence-corrected chi connectivity index (χ3v) is 4.18. The minimum Gasteiger partial charge on any atom is -0.478 e. The van der Waals surface area contributed by atoms with Gasteiger partial charge in [-0.3, -0.25) is 10.1 Å². The fraction of sp³-hybridized carbons (Fsp3) is 0.533. The molecule has 114 valence electrons. The Balaban J connectivity index is 2.21. The van der Waals surface area contributed by atoms with E-state index >= 15 is 0 Å². The van der Waals surface area contributed by atoms with Gasteiger partial charge in [-0.15, -0.1) is 0 Å². The quantitative estimate of drug-likeness (QED) is 0.638. The Morgan fingerprint density at radius 2 is 2.05 bits per heavy atom. The second kappa shape index (κ2) is 6.56. The van der Waals surface area contributed by atoms with E-state index in [0.29, 0.717) is 5.92 Å². The minimum atomic E-state index is -1.08. The maximum atomic E-state index is 11.1. The smallest absolute Gasteiger partial charge is 0.335 e. The SMILES string of the molecule is CC(Nc1cc(C(=O)O)ccc1[N+](=O)[O-])C1CCCCC1. The number of nitro benzene ring substituents is 1. The molecule has 1 saturated carbocycles. The predicted molar refractivity (Wildman–Crippen MR) is 79.7 cm³/mol. The van der Waals surface area contributed by atoms with Crippen LogP contribution in [-0.2, 0) is 0 Å². The zero-order chi connectivity index (χ0) is 15.4. The first-order valence-corrected chi connectivity index (χ1v) is 7.27. The van der Waals surface area contributed by atoms with Gasteiger partial charge in [-0.2, -0.15) is 0 Å². The number of nitrogens with zero attached hydrogens (tertiary/aromatic N) is 1. The number of carbonyl (C=O) groups is 1. The monoisotopic (exact) mass is 292 g/mol. The largest absolute Gasteiger partial charge is 0.478 e. The molecular formula is C15H20N2O4. The van der Waals surface area contributed by atoms with E-state index < -0.39 is 10.9 Å². The van der Waals surface area contributed by atoms with Crippen molar-refractivity contribution in [3.63, 3.8) is 0 Å². The first-order chi connectivity index (χ1) is 9.99. The van der Waals surface area contributed by atoms with Crippen molar-refractivity contribution in [1.82, 2.24) is 0 Å². The zero-order valence-electron chi connectivity index (χ0n) is 12.0. The number of nitro groups is 1. The van der Waals surface area contributed by atoms with Crippen molar-refractivity contribution in [2.24, 2.45) is 5.92 Å². The highest BCUT2D eigenvalue weighted by Gasteiger charge is 2.23. The van der Waals surface area contributed by atoms with Crippen LogP contribution in [0.3, 0.4) is 0 Å². The molecule has 2 N–H and O–H groups in total. The number of carboxylic acids is 1. The number of rotatable bonds is 5. The third kappa shape index (κ3) is 3.71. The number of carboxylic acid groups (broad SMARTS) is 1. The third-order valence-electron chi connectivity index (χ3n) is 4.18. The molecule has 1 fully saturated rings. The topological polar surface area (TPSA) is 92.5 Å². The van der Waals surface area contributed by atoms with Crippen LogP contribution < -0.4 is 5.32 Å². The molecule has 6 nitrogen and oxygen atoms in total. The van der Waals surface area contributed by atoms with Crippen LogP contribution in [0, 0.1) is 16.0 Å². The van der Waals surface area contributed by atoms with Crippen LogP contribution in [0.1, 0.15) is 49.4 Å². The lowest BCUT2D eigenvalue weighted by molar-refractivity contribution is -0.384. The normalized spacial score (nSPS) is 17.2. The first-order valence-electron chi connectivity index (χ1n) is 7.27. The Labute approximate surface area is 123 Å². The molecule has 1 atom stereocenters. The molecule has 1 aromatic rings. The van der Waals surface area contributed by atoms with Gasteiger partial charge in [-0.05, 0) is 37.8 Å². The molecule has 1 aromatic carbocycles. The Kier molecular flexibility index (Phi) is 4.77. The second-order valence-corrected chi connectivity index (χ2v) is 5.63. The molecular weight excluding hydrogens is 272 g/mol. The molecule has 0 spiro atoms. The highest BCUT2D eigenvalue weighted by Crippen LogP contribution is 2.31. The van der Waals surface area contributed by atoms with Crippen LogP contribution in [0.15, 0.2) is 18.2 Å². The highest BCUT2D eigenvalue weighted by atomic mass is 16.6. The average molecular weight is 292 g/mol. The fourth-order valence-electron chi connectivity index (χ4n) is 2.94. The number of nitrogens with one attached hydrogen (secondary N) is 1. The summed E-state index contributed by atoms with van der Waals surface area (Å²) in [7, 11) is 0. The van der Waals surface area contributed by atoms with E-state index in [1.54, 1.807) is 0 Å². The summed E-state index contributed by atoms with van der Waals surface area (Å²) in [5.74, 6) is -0.606. The number of anilines is 1. The van der Waals surface area contributed by atoms with Crippen molar-refractivity contribution in [1.29, 1.82) is 0 Å². The lowest BCUT2D eigenvalue weighted by atomic mass is 9.84. The van der Waals surface area contributed by atoms with E-state index in [1.165, 1.54) is 37.5 Å². The standard InChI is InChI=1S/C15H20N2O4/c1-10(11-5-3-2-4-6-11)16-13-9-12(15(18)19)7-8-14(13)17(20)21/h7-11,16H,2-6H2,1H3,(H,18,19). The molecule has 0 radical (unpaired) electrons. The van der Waals surface area contributed by atoms with Gasteiger partial charge >= 0.3 is 5.97 Å². The molecule has 0 aliphatic heterocycles. The van der Waals surface area contributed by atoms with Gasteiger partial charge in [0.2, 0.25) is 0 Å². The molecule has 1 unspecified atom stereocenters. The van der Waals surface area contributed by atoms with Gasteiger partial charge in [0.15, 0.2) is 0 Å². The summed E-state index contributed by atoms with van der Waals surface area (Å²) >= 11 is 0. The minimum absolute atomic E-state index is 0.0546. The number of hydrogen-bond acceptors (Lipinski definition) is 4. The van der Waals surface area contributed by atoms with Gasteiger partial charge in [0.05, 0.1) is 10.5 Å².